The lowest BCUT2D eigenvalue weighted by molar-refractivity contribution is -0.138. The third kappa shape index (κ3) is 4.74. The van der Waals surface area contributed by atoms with Gasteiger partial charge in [-0.1, -0.05) is 0 Å². The molecule has 23 heavy (non-hydrogen) atoms. The summed E-state index contributed by atoms with van der Waals surface area (Å²) >= 11 is 0. The summed E-state index contributed by atoms with van der Waals surface area (Å²) in [5.41, 5.74) is 0.880. The predicted molar refractivity (Wildman–Crippen MR) is 81.9 cm³/mol. The minimum Gasteiger partial charge on any atom is -0.480 e. The first-order valence-corrected chi connectivity index (χ1v) is 7.44. The van der Waals surface area contributed by atoms with Crippen molar-refractivity contribution in [2.45, 2.75) is 13.0 Å². The highest BCUT2D eigenvalue weighted by molar-refractivity contribution is 5.94. The molecular formula is C16H21FN2O4. The Hall–Kier alpha value is -1.99. The van der Waals surface area contributed by atoms with Crippen LogP contribution in [0.1, 0.15) is 15.9 Å². The van der Waals surface area contributed by atoms with Gasteiger partial charge in [-0.05, 0) is 37.7 Å². The SMILES string of the molecule is Cc1cc(C(=O)N2CCOC(CN(C)CC(=O)O)C2)ccc1F. The number of carbonyl (C=O) groups is 2. The average Bonchev–Trinajstić information content (AvgIpc) is 2.48. The van der Waals surface area contributed by atoms with Crippen molar-refractivity contribution in [2.24, 2.45) is 0 Å². The van der Waals surface area contributed by atoms with E-state index in [4.69, 9.17) is 9.84 Å². The van der Waals surface area contributed by atoms with Crippen LogP contribution in [-0.2, 0) is 9.53 Å². The number of aliphatic carboxylic acids is 1. The zero-order valence-electron chi connectivity index (χ0n) is 13.3. The van der Waals surface area contributed by atoms with Gasteiger partial charge in [-0.2, -0.15) is 0 Å². The number of nitrogens with zero attached hydrogens (tertiary/aromatic N) is 2. The lowest BCUT2D eigenvalue weighted by Gasteiger charge is -2.34. The molecule has 1 N–H and O–H groups in total. The molecular weight excluding hydrogens is 303 g/mol. The highest BCUT2D eigenvalue weighted by atomic mass is 19.1. The Morgan fingerprint density at radius 2 is 2.22 bits per heavy atom. The molecule has 0 aromatic heterocycles. The van der Waals surface area contributed by atoms with Crippen LogP contribution in [-0.4, -0.2) is 72.7 Å². The molecule has 0 saturated carbocycles. The molecule has 1 aliphatic heterocycles. The molecule has 1 heterocycles. The van der Waals surface area contributed by atoms with E-state index in [0.717, 1.165) is 0 Å². The summed E-state index contributed by atoms with van der Waals surface area (Å²) < 4.78 is 18.9. The van der Waals surface area contributed by atoms with Crippen molar-refractivity contribution in [3.63, 3.8) is 0 Å². The lowest BCUT2D eigenvalue weighted by Crippen LogP contribution is -2.49. The number of hydrogen-bond donors (Lipinski definition) is 1. The molecule has 0 aliphatic carbocycles. The average molecular weight is 324 g/mol. The van der Waals surface area contributed by atoms with Crippen LogP contribution >= 0.6 is 0 Å². The lowest BCUT2D eigenvalue weighted by atomic mass is 10.1. The first-order valence-electron chi connectivity index (χ1n) is 7.44. The van der Waals surface area contributed by atoms with Gasteiger partial charge in [0.15, 0.2) is 0 Å². The molecule has 7 heteroatoms. The zero-order chi connectivity index (χ0) is 17.0. The van der Waals surface area contributed by atoms with Crippen molar-refractivity contribution >= 4 is 11.9 Å². The quantitative estimate of drug-likeness (QED) is 0.875. The molecule has 1 unspecified atom stereocenters. The van der Waals surface area contributed by atoms with Gasteiger partial charge < -0.3 is 14.7 Å². The Labute approximate surface area is 134 Å². The summed E-state index contributed by atoms with van der Waals surface area (Å²) in [5.74, 6) is -1.41. The Kier molecular flexibility index (Phi) is 5.68. The predicted octanol–water partition coefficient (Wildman–Crippen LogP) is 0.992. The molecule has 126 valence electrons. The van der Waals surface area contributed by atoms with Gasteiger partial charge in [0, 0.05) is 25.2 Å². The molecule has 1 saturated heterocycles. The number of rotatable bonds is 5. The first kappa shape index (κ1) is 17.4. The van der Waals surface area contributed by atoms with Gasteiger partial charge >= 0.3 is 5.97 Å². The minimum atomic E-state index is -0.905. The molecule has 1 fully saturated rings. The van der Waals surface area contributed by atoms with E-state index in [1.54, 1.807) is 29.8 Å². The Bertz CT molecular complexity index is 593. The summed E-state index contributed by atoms with van der Waals surface area (Å²) in [6.45, 7) is 3.23. The molecule has 0 radical (unpaired) electrons. The fraction of sp³-hybridized carbons (Fsp3) is 0.500. The van der Waals surface area contributed by atoms with E-state index in [9.17, 15) is 14.0 Å². The molecule has 0 spiro atoms. The summed E-state index contributed by atoms with van der Waals surface area (Å²) in [6.07, 6.45) is -0.237. The van der Waals surface area contributed by atoms with Crippen LogP contribution in [0.25, 0.3) is 0 Å². The third-order valence-electron chi connectivity index (χ3n) is 3.75. The molecule has 1 atom stereocenters. The van der Waals surface area contributed by atoms with E-state index in [0.29, 0.717) is 37.4 Å². The molecule has 0 bridgehead atoms. The number of carbonyl (C=O) groups excluding carboxylic acids is 1. The maximum absolute atomic E-state index is 13.3. The maximum Gasteiger partial charge on any atom is 0.317 e. The largest absolute Gasteiger partial charge is 0.480 e. The number of carboxylic acids is 1. The monoisotopic (exact) mass is 324 g/mol. The third-order valence-corrected chi connectivity index (χ3v) is 3.75. The number of morpholine rings is 1. The standard InChI is InChI=1S/C16H21FN2O4/c1-11-7-12(3-4-14(11)17)16(22)19-5-6-23-13(9-19)8-18(2)10-15(20)21/h3-4,7,13H,5-6,8-10H2,1-2H3,(H,20,21). The smallest absolute Gasteiger partial charge is 0.317 e. The normalized spacial score (nSPS) is 18.3. The summed E-state index contributed by atoms with van der Waals surface area (Å²) in [7, 11) is 1.70. The van der Waals surface area contributed by atoms with Gasteiger partial charge in [-0.15, -0.1) is 0 Å². The van der Waals surface area contributed by atoms with Crippen molar-refractivity contribution in [3.8, 4) is 0 Å². The van der Waals surface area contributed by atoms with E-state index >= 15 is 0 Å². The van der Waals surface area contributed by atoms with Crippen LogP contribution in [0.15, 0.2) is 18.2 Å². The number of aryl methyl sites for hydroxylation is 1. The molecule has 1 amide bonds. The van der Waals surface area contributed by atoms with E-state index in [1.807, 2.05) is 0 Å². The number of amides is 1. The summed E-state index contributed by atoms with van der Waals surface area (Å²) in [4.78, 5) is 26.5. The molecule has 6 nitrogen and oxygen atoms in total. The van der Waals surface area contributed by atoms with Crippen LogP contribution < -0.4 is 0 Å². The summed E-state index contributed by atoms with van der Waals surface area (Å²) in [5, 5.41) is 8.77. The minimum absolute atomic E-state index is 0.0784. The Morgan fingerprint density at radius 3 is 2.87 bits per heavy atom. The second kappa shape index (κ2) is 7.52. The molecule has 2 rings (SSSR count). The van der Waals surface area contributed by atoms with Crippen LogP contribution in [0.5, 0.6) is 0 Å². The molecule has 1 aromatic carbocycles. The number of likely N-dealkylation sites (N-methyl/N-ethyl adjacent to an activating group) is 1. The van der Waals surface area contributed by atoms with Gasteiger partial charge in [0.25, 0.3) is 5.91 Å². The number of ether oxygens (including phenoxy) is 1. The van der Waals surface area contributed by atoms with Crippen LogP contribution in [0.4, 0.5) is 4.39 Å². The van der Waals surface area contributed by atoms with Gasteiger partial charge in [0.1, 0.15) is 5.82 Å². The van der Waals surface area contributed by atoms with Crippen molar-refractivity contribution < 1.29 is 23.8 Å². The Balaban J connectivity index is 1.98. The Morgan fingerprint density at radius 1 is 1.48 bits per heavy atom. The van der Waals surface area contributed by atoms with Crippen LogP contribution in [0.3, 0.4) is 0 Å². The maximum atomic E-state index is 13.3. The van der Waals surface area contributed by atoms with Crippen molar-refractivity contribution in [2.75, 3.05) is 39.8 Å². The fourth-order valence-electron chi connectivity index (χ4n) is 2.62. The number of carboxylic acid groups (broad SMARTS) is 1. The molecule has 1 aliphatic rings. The fourth-order valence-corrected chi connectivity index (χ4v) is 2.62. The van der Waals surface area contributed by atoms with Gasteiger partial charge in [-0.3, -0.25) is 14.5 Å². The highest BCUT2D eigenvalue weighted by Crippen LogP contribution is 2.14. The molecule has 1 aromatic rings. The number of halogens is 1. The van der Waals surface area contributed by atoms with Crippen molar-refractivity contribution in [1.82, 2.24) is 9.80 Å². The van der Waals surface area contributed by atoms with E-state index in [1.165, 1.54) is 12.1 Å². The number of hydrogen-bond acceptors (Lipinski definition) is 4. The second-order valence-electron chi connectivity index (χ2n) is 5.80. The number of benzene rings is 1. The first-order chi connectivity index (χ1) is 10.9. The van der Waals surface area contributed by atoms with Gasteiger partial charge in [0.2, 0.25) is 0 Å². The zero-order valence-corrected chi connectivity index (χ0v) is 13.3. The second-order valence-corrected chi connectivity index (χ2v) is 5.80. The topological polar surface area (TPSA) is 70.1 Å². The highest BCUT2D eigenvalue weighted by Gasteiger charge is 2.26. The van der Waals surface area contributed by atoms with Crippen molar-refractivity contribution in [1.29, 1.82) is 0 Å². The van der Waals surface area contributed by atoms with Gasteiger partial charge in [-0.25, -0.2) is 4.39 Å². The van der Waals surface area contributed by atoms with Gasteiger partial charge in [0.05, 0.1) is 19.3 Å². The summed E-state index contributed by atoms with van der Waals surface area (Å²) in [6, 6.07) is 4.31. The van der Waals surface area contributed by atoms with E-state index in [-0.39, 0.29) is 24.4 Å². The van der Waals surface area contributed by atoms with E-state index < -0.39 is 5.97 Å². The van der Waals surface area contributed by atoms with Crippen LogP contribution in [0, 0.1) is 12.7 Å². The van der Waals surface area contributed by atoms with Crippen LogP contribution in [0.2, 0.25) is 0 Å². The van der Waals surface area contributed by atoms with Crippen molar-refractivity contribution in [3.05, 3.63) is 35.1 Å². The van der Waals surface area contributed by atoms with E-state index in [2.05, 4.69) is 0 Å².